The molecule has 3 aliphatic heterocycles. The standard InChI is InChI=1S/C30H33Cl2N7O4/c1-30(2,3)43-29(41)38-15-18-12-19(38)14-37(18)23-10-9-17(11-24(23)42-5)34-28-33-13-20-26(35-28)36(4)16-39(27(20)40)25-21(31)7-6-8-22(25)32/h6-11,13,18-19H,12,14-16H2,1-5H3,(H,33,34,35)/t18-,19-/m0/s1. The molecule has 2 amide bonds. The van der Waals surface area contributed by atoms with Gasteiger partial charge in [0.2, 0.25) is 5.95 Å². The number of hydrogen-bond acceptors (Lipinski definition) is 9. The smallest absolute Gasteiger partial charge is 0.410 e. The minimum atomic E-state index is -0.525. The Labute approximate surface area is 260 Å². The maximum absolute atomic E-state index is 13.4. The van der Waals surface area contributed by atoms with Crippen LogP contribution < -0.4 is 24.8 Å². The number of hydrogen-bond donors (Lipinski definition) is 1. The van der Waals surface area contributed by atoms with Crippen molar-refractivity contribution in [3.8, 4) is 5.75 Å². The highest BCUT2D eigenvalue weighted by molar-refractivity contribution is 6.40. The zero-order valence-electron chi connectivity index (χ0n) is 24.6. The van der Waals surface area contributed by atoms with Crippen molar-refractivity contribution in [2.75, 3.05) is 53.9 Å². The Morgan fingerprint density at radius 2 is 1.84 bits per heavy atom. The minimum absolute atomic E-state index is 0.0934. The Hall–Kier alpha value is -3.96. The molecule has 11 nitrogen and oxygen atoms in total. The first-order chi connectivity index (χ1) is 20.4. The first kappa shape index (κ1) is 29.1. The summed E-state index contributed by atoms with van der Waals surface area (Å²) < 4.78 is 11.4. The fourth-order valence-electron chi connectivity index (χ4n) is 5.91. The van der Waals surface area contributed by atoms with Gasteiger partial charge >= 0.3 is 6.09 Å². The van der Waals surface area contributed by atoms with E-state index < -0.39 is 5.60 Å². The highest BCUT2D eigenvalue weighted by Gasteiger charge is 2.47. The van der Waals surface area contributed by atoms with Crippen LogP contribution in [0.4, 0.5) is 33.6 Å². The van der Waals surface area contributed by atoms with E-state index >= 15 is 0 Å². The zero-order valence-corrected chi connectivity index (χ0v) is 26.1. The van der Waals surface area contributed by atoms with Gasteiger partial charge < -0.3 is 29.5 Å². The van der Waals surface area contributed by atoms with Crippen LogP contribution in [0, 0.1) is 0 Å². The summed E-state index contributed by atoms with van der Waals surface area (Å²) in [5, 5.41) is 4.01. The van der Waals surface area contributed by atoms with E-state index in [2.05, 4.69) is 20.2 Å². The highest BCUT2D eigenvalue weighted by Crippen LogP contribution is 2.41. The number of amides is 2. The molecular weight excluding hydrogens is 593 g/mol. The van der Waals surface area contributed by atoms with Crippen molar-refractivity contribution in [3.63, 3.8) is 0 Å². The third-order valence-corrected chi connectivity index (χ3v) is 8.39. The van der Waals surface area contributed by atoms with Crippen molar-refractivity contribution in [1.82, 2.24) is 14.9 Å². The second-order valence-corrected chi connectivity index (χ2v) is 12.7. The summed E-state index contributed by atoms with van der Waals surface area (Å²) in [6, 6.07) is 11.2. The normalized spacial score (nSPS) is 19.6. The number of nitrogens with one attached hydrogen (secondary N) is 1. The van der Waals surface area contributed by atoms with Gasteiger partial charge in [-0.25, -0.2) is 9.78 Å². The summed E-state index contributed by atoms with van der Waals surface area (Å²) in [6.07, 6.45) is 2.13. The Bertz CT molecular complexity index is 1580. The molecule has 4 heterocycles. The molecule has 3 aliphatic rings. The van der Waals surface area contributed by atoms with Crippen molar-refractivity contribution in [3.05, 3.63) is 58.2 Å². The molecule has 3 aromatic rings. The van der Waals surface area contributed by atoms with E-state index in [0.717, 1.165) is 17.8 Å². The lowest BCUT2D eigenvalue weighted by atomic mass is 10.2. The van der Waals surface area contributed by atoms with Crippen molar-refractivity contribution in [2.24, 2.45) is 0 Å². The van der Waals surface area contributed by atoms with Gasteiger partial charge in [-0.15, -0.1) is 0 Å². The molecule has 1 N–H and O–H groups in total. The number of anilines is 5. The number of carbonyl (C=O) groups excluding carboxylic acids is 2. The van der Waals surface area contributed by atoms with Crippen LogP contribution in [0.25, 0.3) is 0 Å². The van der Waals surface area contributed by atoms with E-state index in [4.69, 9.17) is 32.7 Å². The van der Waals surface area contributed by atoms with Crippen molar-refractivity contribution < 1.29 is 19.1 Å². The first-order valence-electron chi connectivity index (χ1n) is 14.0. The number of ether oxygens (including phenoxy) is 2. The zero-order chi connectivity index (χ0) is 30.6. The van der Waals surface area contributed by atoms with Gasteiger partial charge in [-0.05, 0) is 51.5 Å². The molecule has 2 fully saturated rings. The van der Waals surface area contributed by atoms with E-state index in [9.17, 15) is 9.59 Å². The molecular formula is C30H33Cl2N7O4. The number of benzene rings is 2. The molecule has 2 aromatic carbocycles. The van der Waals surface area contributed by atoms with E-state index in [1.165, 1.54) is 11.1 Å². The second-order valence-electron chi connectivity index (χ2n) is 11.9. The third-order valence-electron chi connectivity index (χ3n) is 7.78. The van der Waals surface area contributed by atoms with Crippen LogP contribution in [0.3, 0.4) is 0 Å². The number of methoxy groups -OCH3 is 1. The molecule has 6 rings (SSSR count). The second kappa shape index (κ2) is 10.9. The lowest BCUT2D eigenvalue weighted by Gasteiger charge is -2.36. The molecule has 13 heteroatoms. The van der Waals surface area contributed by atoms with Crippen molar-refractivity contribution in [2.45, 2.75) is 44.9 Å². The summed E-state index contributed by atoms with van der Waals surface area (Å²) in [6.45, 7) is 7.18. The van der Waals surface area contributed by atoms with Crippen LogP contribution in [-0.4, -0.2) is 78.5 Å². The van der Waals surface area contributed by atoms with Crippen LogP contribution in [0.5, 0.6) is 5.75 Å². The van der Waals surface area contributed by atoms with E-state index in [-0.39, 0.29) is 30.8 Å². The van der Waals surface area contributed by atoms with Crippen LogP contribution in [-0.2, 0) is 4.74 Å². The maximum Gasteiger partial charge on any atom is 0.410 e. The summed E-state index contributed by atoms with van der Waals surface area (Å²) >= 11 is 12.8. The quantitative estimate of drug-likeness (QED) is 0.377. The molecule has 0 radical (unpaired) electrons. The van der Waals surface area contributed by atoms with Crippen LogP contribution in [0.1, 0.15) is 37.6 Å². The number of nitrogens with zero attached hydrogens (tertiary/aromatic N) is 6. The average Bonchev–Trinajstić information content (AvgIpc) is 3.56. The summed E-state index contributed by atoms with van der Waals surface area (Å²) in [4.78, 5) is 42.6. The Balaban J connectivity index is 1.17. The maximum atomic E-state index is 13.4. The largest absolute Gasteiger partial charge is 0.495 e. The molecule has 43 heavy (non-hydrogen) atoms. The number of likely N-dealkylation sites (tertiary alicyclic amines) is 1. The van der Waals surface area contributed by atoms with Gasteiger partial charge in [-0.2, -0.15) is 4.98 Å². The number of aromatic nitrogens is 2. The van der Waals surface area contributed by atoms with Gasteiger partial charge in [0.1, 0.15) is 22.7 Å². The Morgan fingerprint density at radius 1 is 1.09 bits per heavy atom. The number of rotatable bonds is 5. The van der Waals surface area contributed by atoms with Gasteiger partial charge in [0.05, 0.1) is 41.2 Å². The predicted molar refractivity (Wildman–Crippen MR) is 167 cm³/mol. The molecule has 1 aromatic heterocycles. The van der Waals surface area contributed by atoms with Gasteiger partial charge in [0.15, 0.2) is 0 Å². The lowest BCUT2D eigenvalue weighted by molar-refractivity contribution is 0.0214. The summed E-state index contributed by atoms with van der Waals surface area (Å²) in [7, 11) is 3.47. The molecule has 2 atom stereocenters. The van der Waals surface area contributed by atoms with E-state index in [1.54, 1.807) is 25.3 Å². The number of para-hydroxylation sites is 1. The van der Waals surface area contributed by atoms with Crippen LogP contribution in [0.2, 0.25) is 10.0 Å². The molecule has 0 aliphatic carbocycles. The SMILES string of the molecule is COc1cc(Nc2ncc3c(n2)N(C)CN(c2c(Cl)cccc2Cl)C3=O)ccc1N1C[C@@H]2C[C@H]1CN2C(=O)OC(C)(C)C. The summed E-state index contributed by atoms with van der Waals surface area (Å²) in [5.74, 6) is 1.24. The third kappa shape index (κ3) is 5.47. The predicted octanol–water partition coefficient (Wildman–Crippen LogP) is 5.79. The van der Waals surface area contributed by atoms with Crippen molar-refractivity contribution in [1.29, 1.82) is 0 Å². The molecule has 2 saturated heterocycles. The van der Waals surface area contributed by atoms with Crippen molar-refractivity contribution >= 4 is 64.0 Å². The van der Waals surface area contributed by atoms with Crippen LogP contribution >= 0.6 is 23.2 Å². The highest BCUT2D eigenvalue weighted by atomic mass is 35.5. The number of piperazine rings is 1. The number of carbonyl (C=O) groups is 2. The Kier molecular flexibility index (Phi) is 7.42. The van der Waals surface area contributed by atoms with Gasteiger partial charge in [-0.3, -0.25) is 9.69 Å². The minimum Gasteiger partial charge on any atom is -0.495 e. The topological polar surface area (TPSA) is 103 Å². The van der Waals surface area contributed by atoms with E-state index in [1.807, 2.05) is 55.8 Å². The fraction of sp³-hybridized carbons (Fsp3) is 0.400. The average molecular weight is 627 g/mol. The van der Waals surface area contributed by atoms with Gasteiger partial charge in [-0.1, -0.05) is 29.3 Å². The fourth-order valence-corrected chi connectivity index (χ4v) is 6.51. The number of fused-ring (bicyclic) bond motifs is 3. The van der Waals surface area contributed by atoms with E-state index in [0.29, 0.717) is 51.9 Å². The van der Waals surface area contributed by atoms with Gasteiger partial charge in [0, 0.05) is 44.1 Å². The lowest BCUT2D eigenvalue weighted by Crippen LogP contribution is -2.50. The number of halogens is 2. The molecule has 0 saturated carbocycles. The van der Waals surface area contributed by atoms with Gasteiger partial charge in [0.25, 0.3) is 5.91 Å². The van der Waals surface area contributed by atoms with Crippen LogP contribution in [0.15, 0.2) is 42.6 Å². The Morgan fingerprint density at radius 3 is 2.49 bits per heavy atom. The molecule has 0 unspecified atom stereocenters. The molecule has 0 spiro atoms. The monoisotopic (exact) mass is 625 g/mol. The summed E-state index contributed by atoms with van der Waals surface area (Å²) in [5.41, 5.74) is 1.95. The molecule has 2 bridgehead atoms. The molecule has 226 valence electrons. The first-order valence-corrected chi connectivity index (χ1v) is 14.7.